The molecule has 0 aliphatic rings. The molecule has 0 spiro atoms. The number of amides is 1. The van der Waals surface area contributed by atoms with Crippen molar-refractivity contribution in [3.8, 4) is 0 Å². The average Bonchev–Trinajstić information content (AvgIpc) is 2.56. The number of methoxy groups -OCH3 is 1. The monoisotopic (exact) mass is 332 g/mol. The molecule has 1 N–H and O–H groups in total. The van der Waals surface area contributed by atoms with Crippen LogP contribution >= 0.6 is 11.6 Å². The van der Waals surface area contributed by atoms with E-state index in [0.717, 1.165) is 11.1 Å². The maximum absolute atomic E-state index is 12.1. The first-order valence-electron chi connectivity index (χ1n) is 7.56. The van der Waals surface area contributed by atoms with E-state index in [1.807, 2.05) is 43.3 Å². The molecule has 1 heterocycles. The quantitative estimate of drug-likeness (QED) is 0.843. The summed E-state index contributed by atoms with van der Waals surface area (Å²) in [5, 5.41) is 3.67. The number of carbonyl (C=O) groups excluding carboxylic acids is 1. The van der Waals surface area contributed by atoms with Gasteiger partial charge in [-0.2, -0.15) is 0 Å². The molecule has 0 fully saturated rings. The zero-order chi connectivity index (χ0) is 16.7. The summed E-state index contributed by atoms with van der Waals surface area (Å²) in [5.41, 5.74) is 2.04. The highest BCUT2D eigenvalue weighted by molar-refractivity contribution is 6.30. The Morgan fingerprint density at radius 1 is 1.30 bits per heavy atom. The number of nitrogens with one attached hydrogen (secondary N) is 1. The maximum Gasteiger partial charge on any atom is 0.220 e. The molecule has 2 aromatic rings. The number of benzene rings is 1. The number of hydrogen-bond acceptors (Lipinski definition) is 3. The number of halogens is 1. The fraction of sp³-hybridized carbons (Fsp3) is 0.333. The average molecular weight is 333 g/mol. The Hall–Kier alpha value is -1.91. The molecular weight excluding hydrogens is 312 g/mol. The molecule has 122 valence electrons. The van der Waals surface area contributed by atoms with E-state index in [9.17, 15) is 4.79 Å². The first-order valence-corrected chi connectivity index (χ1v) is 7.94. The Balaban J connectivity index is 1.89. The molecular formula is C18H21ClN2O2. The zero-order valence-electron chi connectivity index (χ0n) is 13.3. The number of aromatic nitrogens is 1. The van der Waals surface area contributed by atoms with E-state index in [0.29, 0.717) is 17.9 Å². The number of aryl methyl sites for hydroxylation is 1. The number of nitrogens with zero attached hydrogens (tertiary/aromatic N) is 1. The zero-order valence-corrected chi connectivity index (χ0v) is 14.1. The largest absolute Gasteiger partial charge is 0.375 e. The van der Waals surface area contributed by atoms with Crippen molar-refractivity contribution in [3.05, 3.63) is 64.9 Å². The summed E-state index contributed by atoms with van der Waals surface area (Å²) in [7, 11) is 1.64. The predicted molar refractivity (Wildman–Crippen MR) is 91.4 cm³/mol. The van der Waals surface area contributed by atoms with Gasteiger partial charge in [0.25, 0.3) is 0 Å². The van der Waals surface area contributed by atoms with Crippen molar-refractivity contribution >= 4 is 17.5 Å². The third-order valence-corrected chi connectivity index (χ3v) is 3.91. The van der Waals surface area contributed by atoms with Gasteiger partial charge in [0, 0.05) is 30.9 Å². The summed E-state index contributed by atoms with van der Waals surface area (Å²) in [4.78, 5) is 16.2. The third kappa shape index (κ3) is 5.34. The highest BCUT2D eigenvalue weighted by Crippen LogP contribution is 2.22. The summed E-state index contributed by atoms with van der Waals surface area (Å²) in [6.45, 7) is 1.94. The molecule has 2 atom stereocenters. The van der Waals surface area contributed by atoms with Crippen LogP contribution in [0.5, 0.6) is 0 Å². The van der Waals surface area contributed by atoms with E-state index in [4.69, 9.17) is 16.3 Å². The van der Waals surface area contributed by atoms with Gasteiger partial charge in [0.1, 0.15) is 6.10 Å². The Morgan fingerprint density at radius 2 is 2.04 bits per heavy atom. The maximum atomic E-state index is 12.1. The predicted octanol–water partition coefficient (Wildman–Crippen LogP) is 3.56. The van der Waals surface area contributed by atoms with Gasteiger partial charge >= 0.3 is 0 Å². The second-order valence-electron chi connectivity index (χ2n) is 5.43. The van der Waals surface area contributed by atoms with E-state index in [2.05, 4.69) is 10.3 Å². The van der Waals surface area contributed by atoms with Crippen LogP contribution in [0.3, 0.4) is 0 Å². The lowest BCUT2D eigenvalue weighted by Crippen LogP contribution is -2.37. The summed E-state index contributed by atoms with van der Waals surface area (Å²) in [6, 6.07) is 11.2. The van der Waals surface area contributed by atoms with Crippen LogP contribution in [0.1, 0.15) is 30.6 Å². The van der Waals surface area contributed by atoms with Crippen LogP contribution in [-0.4, -0.2) is 24.0 Å². The molecule has 0 aliphatic heterocycles. The van der Waals surface area contributed by atoms with E-state index in [1.165, 1.54) is 0 Å². The third-order valence-electron chi connectivity index (χ3n) is 3.66. The van der Waals surface area contributed by atoms with Crippen LogP contribution < -0.4 is 5.32 Å². The lowest BCUT2D eigenvalue weighted by molar-refractivity contribution is -0.122. The molecule has 2 rings (SSSR count). The molecule has 0 aliphatic carbocycles. The smallest absolute Gasteiger partial charge is 0.220 e. The fourth-order valence-corrected chi connectivity index (χ4v) is 2.61. The van der Waals surface area contributed by atoms with E-state index >= 15 is 0 Å². The summed E-state index contributed by atoms with van der Waals surface area (Å²) in [6.07, 6.45) is 4.39. The van der Waals surface area contributed by atoms with Gasteiger partial charge in [0.2, 0.25) is 5.91 Å². The van der Waals surface area contributed by atoms with Gasteiger partial charge < -0.3 is 10.1 Å². The normalized spacial score (nSPS) is 13.3. The van der Waals surface area contributed by atoms with Gasteiger partial charge in [-0.1, -0.05) is 29.8 Å². The van der Waals surface area contributed by atoms with Crippen LogP contribution in [0.25, 0.3) is 0 Å². The van der Waals surface area contributed by atoms with Gasteiger partial charge in [-0.25, -0.2) is 0 Å². The molecule has 0 radical (unpaired) electrons. The number of carbonyl (C=O) groups is 1. The summed E-state index contributed by atoms with van der Waals surface area (Å²) in [5.74, 6) is -0.00244. The van der Waals surface area contributed by atoms with Crippen LogP contribution in [0.2, 0.25) is 5.02 Å². The van der Waals surface area contributed by atoms with Crippen molar-refractivity contribution in [1.82, 2.24) is 10.3 Å². The van der Waals surface area contributed by atoms with Gasteiger partial charge in [0.15, 0.2) is 0 Å². The first-order chi connectivity index (χ1) is 11.1. The number of hydrogen-bond donors (Lipinski definition) is 1. The molecule has 1 aromatic carbocycles. The molecule has 5 heteroatoms. The summed E-state index contributed by atoms with van der Waals surface area (Å²) >= 11 is 5.91. The molecule has 23 heavy (non-hydrogen) atoms. The lowest BCUT2D eigenvalue weighted by Gasteiger charge is -2.24. The molecule has 4 nitrogen and oxygen atoms in total. The van der Waals surface area contributed by atoms with Crippen LogP contribution in [0, 0.1) is 0 Å². The van der Waals surface area contributed by atoms with Crippen LogP contribution in [0.15, 0.2) is 48.8 Å². The fourth-order valence-electron chi connectivity index (χ4n) is 2.49. The topological polar surface area (TPSA) is 51.2 Å². The van der Waals surface area contributed by atoms with Crippen molar-refractivity contribution in [2.24, 2.45) is 0 Å². The number of rotatable bonds is 7. The highest BCUT2D eigenvalue weighted by Gasteiger charge is 2.20. The van der Waals surface area contributed by atoms with Gasteiger partial charge in [-0.3, -0.25) is 9.78 Å². The van der Waals surface area contributed by atoms with Crippen LogP contribution in [0.4, 0.5) is 0 Å². The second kappa shape index (κ2) is 8.65. The Kier molecular flexibility index (Phi) is 6.56. The van der Waals surface area contributed by atoms with Gasteiger partial charge in [0.05, 0.1) is 6.04 Å². The van der Waals surface area contributed by atoms with Crippen molar-refractivity contribution in [2.75, 3.05) is 7.11 Å². The lowest BCUT2D eigenvalue weighted by atomic mass is 10.0. The minimum atomic E-state index is -0.213. The molecule has 0 saturated carbocycles. The van der Waals surface area contributed by atoms with Gasteiger partial charge in [-0.05, 0) is 42.7 Å². The van der Waals surface area contributed by atoms with Crippen molar-refractivity contribution in [1.29, 1.82) is 0 Å². The number of ether oxygens (including phenoxy) is 1. The summed E-state index contributed by atoms with van der Waals surface area (Å²) < 4.78 is 5.53. The van der Waals surface area contributed by atoms with Crippen molar-refractivity contribution in [3.63, 3.8) is 0 Å². The number of pyridine rings is 1. The minimum absolute atomic E-state index is 0.00244. The van der Waals surface area contributed by atoms with E-state index in [1.54, 1.807) is 19.5 Å². The van der Waals surface area contributed by atoms with Crippen LogP contribution in [-0.2, 0) is 16.0 Å². The van der Waals surface area contributed by atoms with Gasteiger partial charge in [-0.15, -0.1) is 0 Å². The SMILES string of the molecule is CO[C@H](c1ccc(Cl)cc1)[C@H](C)NC(=O)CCc1cccnc1. The molecule has 1 aromatic heterocycles. The molecule has 0 bridgehead atoms. The van der Waals surface area contributed by atoms with Crippen molar-refractivity contribution < 1.29 is 9.53 Å². The first kappa shape index (κ1) is 17.4. The second-order valence-corrected chi connectivity index (χ2v) is 5.86. The Bertz CT molecular complexity index is 617. The highest BCUT2D eigenvalue weighted by atomic mass is 35.5. The standard InChI is InChI=1S/C18H21ClN2O2/c1-13(18(23-2)15-6-8-16(19)9-7-15)21-17(22)10-5-14-4-3-11-20-12-14/h3-4,6-9,11-13,18H,5,10H2,1-2H3,(H,21,22)/t13-,18-/m0/s1. The Morgan fingerprint density at radius 3 is 2.65 bits per heavy atom. The molecule has 0 saturated heterocycles. The van der Waals surface area contributed by atoms with E-state index < -0.39 is 0 Å². The molecule has 1 amide bonds. The van der Waals surface area contributed by atoms with E-state index in [-0.39, 0.29) is 18.1 Å². The van der Waals surface area contributed by atoms with Crippen molar-refractivity contribution in [2.45, 2.75) is 31.9 Å². The Labute approximate surface area is 141 Å². The molecule has 0 unspecified atom stereocenters. The minimum Gasteiger partial charge on any atom is -0.375 e.